The number of aromatic nitrogens is 5. The van der Waals surface area contributed by atoms with Crippen LogP contribution in [0.3, 0.4) is 0 Å². The number of nitrogens with one attached hydrogen (secondary N) is 1. The van der Waals surface area contributed by atoms with Crippen LogP contribution in [-0.4, -0.2) is 78.2 Å². The summed E-state index contributed by atoms with van der Waals surface area (Å²) >= 11 is 1.52. The van der Waals surface area contributed by atoms with Gasteiger partial charge < -0.3 is 25.0 Å². The standard InChI is InChI=1S/C28H36F2N6O4S/c1-5-11-41-27-32-25(31-20-13-17(20)15-7-8-18(29)19(30)12-15)23-26(33-27)36(35-34-23)21-14-22(39-10-9-37)16(6-2)24(21)40-28(3,4)38/h6-8,12,16-17,20-22,24,37-38H,2,5,9-11,13-14H2,1,3-4H3,(H,31,32,33). The molecule has 3 aromatic rings. The molecule has 2 saturated carbocycles. The minimum absolute atomic E-state index is 0.00841. The minimum Gasteiger partial charge on any atom is -0.394 e. The van der Waals surface area contributed by atoms with Crippen molar-refractivity contribution in [1.82, 2.24) is 25.0 Å². The van der Waals surface area contributed by atoms with Gasteiger partial charge in [0.05, 0.1) is 31.5 Å². The molecule has 0 spiro atoms. The van der Waals surface area contributed by atoms with Gasteiger partial charge in [-0.25, -0.2) is 23.4 Å². The summed E-state index contributed by atoms with van der Waals surface area (Å²) in [6.45, 7) is 9.21. The molecule has 0 amide bonds. The molecule has 0 saturated heterocycles. The fraction of sp³-hybridized carbons (Fsp3) is 0.571. The van der Waals surface area contributed by atoms with E-state index in [1.165, 1.54) is 17.8 Å². The Bertz CT molecular complexity index is 1390. The van der Waals surface area contributed by atoms with Gasteiger partial charge in [-0.15, -0.1) is 11.7 Å². The van der Waals surface area contributed by atoms with E-state index >= 15 is 0 Å². The Morgan fingerprint density at radius 2 is 2.05 bits per heavy atom. The van der Waals surface area contributed by atoms with Gasteiger partial charge in [0.1, 0.15) is 0 Å². The second-order valence-corrected chi connectivity index (χ2v) is 12.0. The Labute approximate surface area is 241 Å². The summed E-state index contributed by atoms with van der Waals surface area (Å²) in [5.41, 5.74) is 1.70. The highest BCUT2D eigenvalue weighted by atomic mass is 32.2. The van der Waals surface area contributed by atoms with E-state index in [1.54, 1.807) is 30.7 Å². The van der Waals surface area contributed by atoms with Gasteiger partial charge in [-0.1, -0.05) is 36.0 Å². The average Bonchev–Trinajstić information content (AvgIpc) is 3.43. The van der Waals surface area contributed by atoms with Crippen LogP contribution in [0.15, 0.2) is 36.0 Å². The average molecular weight is 591 g/mol. The third kappa shape index (κ3) is 6.54. The molecule has 2 fully saturated rings. The first-order valence-corrected chi connectivity index (χ1v) is 14.8. The lowest BCUT2D eigenvalue weighted by atomic mass is 10.0. The molecule has 3 N–H and O–H groups in total. The number of anilines is 1. The van der Waals surface area contributed by atoms with E-state index in [4.69, 9.17) is 19.4 Å². The van der Waals surface area contributed by atoms with Crippen LogP contribution in [-0.2, 0) is 9.47 Å². The monoisotopic (exact) mass is 590 g/mol. The van der Waals surface area contributed by atoms with Crippen molar-refractivity contribution < 1.29 is 28.5 Å². The lowest BCUT2D eigenvalue weighted by molar-refractivity contribution is -0.219. The number of nitrogens with zero attached hydrogens (tertiary/aromatic N) is 5. The van der Waals surface area contributed by atoms with Gasteiger partial charge >= 0.3 is 0 Å². The highest BCUT2D eigenvalue weighted by Gasteiger charge is 2.48. The first-order valence-electron chi connectivity index (χ1n) is 13.9. The molecular weight excluding hydrogens is 554 g/mol. The van der Waals surface area contributed by atoms with Crippen LogP contribution in [0.5, 0.6) is 0 Å². The number of benzene rings is 1. The Morgan fingerprint density at radius 1 is 1.24 bits per heavy atom. The van der Waals surface area contributed by atoms with Crippen LogP contribution in [0.4, 0.5) is 14.6 Å². The smallest absolute Gasteiger partial charge is 0.191 e. The van der Waals surface area contributed by atoms with Gasteiger partial charge in [-0.05, 0) is 50.8 Å². The van der Waals surface area contributed by atoms with E-state index in [0.29, 0.717) is 28.6 Å². The first kappa shape index (κ1) is 29.8. The first-order chi connectivity index (χ1) is 19.6. The predicted molar refractivity (Wildman–Crippen MR) is 151 cm³/mol. The molecule has 6 atom stereocenters. The number of hydrogen-bond donors (Lipinski definition) is 3. The maximum Gasteiger partial charge on any atom is 0.191 e. The molecule has 10 nitrogen and oxygen atoms in total. The van der Waals surface area contributed by atoms with E-state index in [0.717, 1.165) is 30.2 Å². The van der Waals surface area contributed by atoms with Gasteiger partial charge in [-0.2, -0.15) is 0 Å². The number of fused-ring (bicyclic) bond motifs is 1. The second kappa shape index (κ2) is 12.3. The third-order valence-electron chi connectivity index (χ3n) is 7.32. The summed E-state index contributed by atoms with van der Waals surface area (Å²) in [5, 5.41) is 32.8. The second-order valence-electron chi connectivity index (χ2n) is 11.0. The van der Waals surface area contributed by atoms with Crippen molar-refractivity contribution in [3.8, 4) is 0 Å². The van der Waals surface area contributed by atoms with Crippen molar-refractivity contribution in [3.63, 3.8) is 0 Å². The van der Waals surface area contributed by atoms with Crippen LogP contribution in [0.1, 0.15) is 57.6 Å². The highest BCUT2D eigenvalue weighted by Crippen LogP contribution is 2.45. The number of aliphatic hydroxyl groups is 2. The zero-order chi connectivity index (χ0) is 29.3. The normalized spacial score (nSPS) is 26.0. The fourth-order valence-electron chi connectivity index (χ4n) is 5.43. The Kier molecular flexibility index (Phi) is 8.90. The van der Waals surface area contributed by atoms with Crippen LogP contribution in [0, 0.1) is 17.6 Å². The Balaban J connectivity index is 1.49. The SMILES string of the molecule is C=CC1C(OCCO)CC(n2nnc3c(NC4CC4c4ccc(F)c(F)c4)nc(SCCC)nc32)C1OC(C)(C)O. The summed E-state index contributed by atoms with van der Waals surface area (Å²) < 4.78 is 41.0. The zero-order valence-corrected chi connectivity index (χ0v) is 24.2. The molecule has 2 aliphatic rings. The molecule has 0 bridgehead atoms. The zero-order valence-electron chi connectivity index (χ0n) is 23.3. The van der Waals surface area contributed by atoms with E-state index in [9.17, 15) is 19.0 Å². The molecule has 2 heterocycles. The van der Waals surface area contributed by atoms with Gasteiger partial charge in [0.15, 0.2) is 39.6 Å². The summed E-state index contributed by atoms with van der Waals surface area (Å²) in [6.07, 6.45) is 3.00. The minimum atomic E-state index is -1.43. The third-order valence-corrected chi connectivity index (χ3v) is 8.37. The van der Waals surface area contributed by atoms with E-state index in [-0.39, 0.29) is 37.2 Å². The number of thioether (sulfide) groups is 1. The number of rotatable bonds is 13. The largest absolute Gasteiger partial charge is 0.394 e. The van der Waals surface area contributed by atoms with Crippen LogP contribution >= 0.6 is 11.8 Å². The summed E-state index contributed by atoms with van der Waals surface area (Å²) in [6, 6.07) is 3.56. The number of halogens is 2. The molecule has 5 rings (SSSR count). The van der Waals surface area contributed by atoms with E-state index in [1.807, 2.05) is 0 Å². The maximum atomic E-state index is 13.8. The van der Waals surface area contributed by atoms with Crippen molar-refractivity contribution in [2.75, 3.05) is 24.3 Å². The van der Waals surface area contributed by atoms with Crippen molar-refractivity contribution in [2.45, 2.75) is 81.2 Å². The molecular formula is C28H36F2N6O4S. The molecule has 2 aliphatic carbocycles. The number of aliphatic hydroxyl groups excluding tert-OH is 1. The Hall–Kier alpha value is -2.71. The number of hydrogen-bond acceptors (Lipinski definition) is 10. The molecule has 2 aromatic heterocycles. The summed E-state index contributed by atoms with van der Waals surface area (Å²) in [7, 11) is 0. The molecule has 1 aromatic carbocycles. The lowest BCUT2D eigenvalue weighted by Gasteiger charge is -2.30. The molecule has 0 aliphatic heterocycles. The quantitative estimate of drug-likeness (QED) is 0.115. The lowest BCUT2D eigenvalue weighted by Crippen LogP contribution is -2.38. The topological polar surface area (TPSA) is 127 Å². The van der Waals surface area contributed by atoms with Gasteiger partial charge in [0, 0.05) is 23.6 Å². The van der Waals surface area contributed by atoms with E-state index < -0.39 is 29.6 Å². The van der Waals surface area contributed by atoms with Crippen LogP contribution in [0.2, 0.25) is 0 Å². The van der Waals surface area contributed by atoms with Crippen molar-refractivity contribution in [1.29, 1.82) is 0 Å². The maximum absolute atomic E-state index is 13.8. The van der Waals surface area contributed by atoms with Crippen molar-refractivity contribution in [3.05, 3.63) is 48.1 Å². The predicted octanol–water partition coefficient (Wildman–Crippen LogP) is 4.21. The van der Waals surface area contributed by atoms with Crippen LogP contribution in [0.25, 0.3) is 11.2 Å². The van der Waals surface area contributed by atoms with Gasteiger partial charge in [-0.3, -0.25) is 0 Å². The molecule has 13 heteroatoms. The van der Waals surface area contributed by atoms with Crippen molar-refractivity contribution in [2.24, 2.45) is 5.92 Å². The molecule has 6 unspecified atom stereocenters. The Morgan fingerprint density at radius 3 is 2.73 bits per heavy atom. The fourth-order valence-corrected chi connectivity index (χ4v) is 6.12. The molecule has 222 valence electrons. The molecule has 41 heavy (non-hydrogen) atoms. The van der Waals surface area contributed by atoms with Crippen LogP contribution < -0.4 is 5.32 Å². The van der Waals surface area contributed by atoms with Gasteiger partial charge in [0.25, 0.3) is 0 Å². The van der Waals surface area contributed by atoms with E-state index in [2.05, 4.69) is 29.1 Å². The van der Waals surface area contributed by atoms with Crippen molar-refractivity contribution >= 4 is 28.7 Å². The molecule has 0 radical (unpaired) electrons. The van der Waals surface area contributed by atoms with Gasteiger partial charge in [0.2, 0.25) is 0 Å². The summed E-state index contributed by atoms with van der Waals surface area (Å²) in [5.74, 6) is -2.11. The summed E-state index contributed by atoms with van der Waals surface area (Å²) in [4.78, 5) is 9.54. The highest BCUT2D eigenvalue weighted by molar-refractivity contribution is 7.99. The number of ether oxygens (including phenoxy) is 2.